The fourth-order valence-electron chi connectivity index (χ4n) is 2.52. The van der Waals surface area contributed by atoms with E-state index < -0.39 is 0 Å². The minimum Gasteiger partial charge on any atom is -0.393 e. The lowest BCUT2D eigenvalue weighted by atomic mass is 10.0. The number of benzene rings is 1. The van der Waals surface area contributed by atoms with E-state index in [2.05, 4.69) is 12.2 Å². The summed E-state index contributed by atoms with van der Waals surface area (Å²) in [6.07, 6.45) is 10.2. The predicted octanol–water partition coefficient (Wildman–Crippen LogP) is 4.91. The molecular weight excluding hydrogens is 274 g/mol. The highest BCUT2D eigenvalue weighted by Gasteiger charge is 2.08. The van der Waals surface area contributed by atoms with Gasteiger partial charge in [-0.05, 0) is 25.0 Å². The molecule has 1 unspecified atom stereocenters. The Balaban J connectivity index is 2.00. The van der Waals surface area contributed by atoms with Gasteiger partial charge in [0, 0.05) is 12.1 Å². The van der Waals surface area contributed by atoms with Gasteiger partial charge >= 0.3 is 0 Å². The number of aliphatic hydroxyl groups is 1. The van der Waals surface area contributed by atoms with Gasteiger partial charge in [0.25, 0.3) is 0 Å². The van der Waals surface area contributed by atoms with Gasteiger partial charge in [-0.1, -0.05) is 70.1 Å². The third-order valence-corrected chi connectivity index (χ3v) is 3.90. The molecule has 0 aliphatic carbocycles. The molecule has 1 atom stereocenters. The Kier molecular flexibility index (Phi) is 10.4. The van der Waals surface area contributed by atoms with Crippen molar-refractivity contribution in [2.75, 3.05) is 5.32 Å². The van der Waals surface area contributed by atoms with Crippen molar-refractivity contribution in [2.45, 2.75) is 77.2 Å². The molecule has 124 valence electrons. The van der Waals surface area contributed by atoms with Crippen LogP contribution < -0.4 is 5.32 Å². The highest BCUT2D eigenvalue weighted by Crippen LogP contribution is 2.13. The molecule has 0 saturated heterocycles. The highest BCUT2D eigenvalue weighted by atomic mass is 16.3. The first-order valence-corrected chi connectivity index (χ1v) is 8.75. The number of unbranched alkanes of at least 4 members (excludes halogenated alkanes) is 6. The van der Waals surface area contributed by atoms with E-state index in [4.69, 9.17) is 0 Å². The van der Waals surface area contributed by atoms with Crippen molar-refractivity contribution < 1.29 is 9.90 Å². The van der Waals surface area contributed by atoms with Crippen molar-refractivity contribution >= 4 is 11.6 Å². The van der Waals surface area contributed by atoms with E-state index in [0.29, 0.717) is 12.8 Å². The van der Waals surface area contributed by atoms with Gasteiger partial charge in [-0.3, -0.25) is 4.79 Å². The molecule has 0 saturated carbocycles. The van der Waals surface area contributed by atoms with Gasteiger partial charge in [0.15, 0.2) is 0 Å². The van der Waals surface area contributed by atoms with E-state index in [-0.39, 0.29) is 12.0 Å². The first-order valence-electron chi connectivity index (χ1n) is 8.75. The van der Waals surface area contributed by atoms with E-state index in [1.165, 1.54) is 38.5 Å². The quantitative estimate of drug-likeness (QED) is 0.539. The van der Waals surface area contributed by atoms with Crippen molar-refractivity contribution in [3.05, 3.63) is 30.3 Å². The second kappa shape index (κ2) is 12.2. The summed E-state index contributed by atoms with van der Waals surface area (Å²) < 4.78 is 0. The number of hydrogen-bond acceptors (Lipinski definition) is 2. The largest absolute Gasteiger partial charge is 0.393 e. The summed E-state index contributed by atoms with van der Waals surface area (Å²) >= 11 is 0. The minimum absolute atomic E-state index is 0.0233. The molecule has 0 radical (unpaired) electrons. The molecule has 0 aliphatic rings. The smallest absolute Gasteiger partial charge is 0.224 e. The lowest BCUT2D eigenvalue weighted by molar-refractivity contribution is -0.116. The Morgan fingerprint density at radius 3 is 2.32 bits per heavy atom. The molecule has 1 amide bonds. The first-order chi connectivity index (χ1) is 10.7. The number of rotatable bonds is 12. The average Bonchev–Trinajstić information content (AvgIpc) is 2.53. The number of hydrogen-bond donors (Lipinski definition) is 2. The van der Waals surface area contributed by atoms with E-state index in [9.17, 15) is 9.90 Å². The van der Waals surface area contributed by atoms with Gasteiger partial charge in [0.2, 0.25) is 5.91 Å². The summed E-state index contributed by atoms with van der Waals surface area (Å²) in [5.74, 6) is -0.0233. The fraction of sp³-hybridized carbons (Fsp3) is 0.632. The Morgan fingerprint density at radius 1 is 1.00 bits per heavy atom. The summed E-state index contributed by atoms with van der Waals surface area (Å²) in [6.45, 7) is 2.23. The predicted molar refractivity (Wildman–Crippen MR) is 92.9 cm³/mol. The summed E-state index contributed by atoms with van der Waals surface area (Å²) in [5, 5.41) is 12.8. The van der Waals surface area contributed by atoms with E-state index in [1.807, 2.05) is 30.3 Å². The normalized spacial score (nSPS) is 12.1. The molecule has 0 heterocycles. The monoisotopic (exact) mass is 305 g/mol. The van der Waals surface area contributed by atoms with E-state index in [1.54, 1.807) is 0 Å². The van der Waals surface area contributed by atoms with Gasteiger partial charge in [0.1, 0.15) is 0 Å². The van der Waals surface area contributed by atoms with Crippen LogP contribution in [0.5, 0.6) is 0 Å². The highest BCUT2D eigenvalue weighted by molar-refractivity contribution is 5.90. The molecule has 0 aromatic heterocycles. The number of para-hydroxylation sites is 1. The standard InChI is InChI=1S/C19H31NO2/c1-2-3-4-5-6-7-11-14-18(21)15-16-19(22)20-17-12-9-8-10-13-17/h8-10,12-13,18,21H,2-7,11,14-16H2,1H3,(H,20,22). The van der Waals surface area contributed by atoms with Gasteiger partial charge in [-0.15, -0.1) is 0 Å². The molecule has 1 aromatic rings. The van der Waals surface area contributed by atoms with Crippen molar-refractivity contribution in [1.29, 1.82) is 0 Å². The first kappa shape index (κ1) is 18.7. The van der Waals surface area contributed by atoms with Crippen LogP contribution in [-0.4, -0.2) is 17.1 Å². The summed E-state index contributed by atoms with van der Waals surface area (Å²) in [6, 6.07) is 9.44. The molecule has 1 aromatic carbocycles. The molecule has 3 nitrogen and oxygen atoms in total. The SMILES string of the molecule is CCCCCCCCCC(O)CCC(=O)Nc1ccccc1. The lowest BCUT2D eigenvalue weighted by Crippen LogP contribution is -2.15. The zero-order valence-electron chi connectivity index (χ0n) is 13.9. The van der Waals surface area contributed by atoms with Gasteiger partial charge < -0.3 is 10.4 Å². The van der Waals surface area contributed by atoms with Crippen LogP contribution in [0.4, 0.5) is 5.69 Å². The van der Waals surface area contributed by atoms with E-state index in [0.717, 1.165) is 18.5 Å². The van der Waals surface area contributed by atoms with Crippen LogP contribution in [0.15, 0.2) is 30.3 Å². The number of carbonyl (C=O) groups is 1. The maximum atomic E-state index is 11.8. The number of anilines is 1. The van der Waals surface area contributed by atoms with Gasteiger partial charge in [0.05, 0.1) is 6.10 Å². The average molecular weight is 305 g/mol. The Hall–Kier alpha value is -1.35. The van der Waals surface area contributed by atoms with Crippen molar-refractivity contribution in [1.82, 2.24) is 0 Å². The summed E-state index contributed by atoms with van der Waals surface area (Å²) in [7, 11) is 0. The zero-order chi connectivity index (χ0) is 16.0. The molecule has 0 aliphatic heterocycles. The van der Waals surface area contributed by atoms with Gasteiger partial charge in [-0.2, -0.15) is 0 Å². The Labute approximate surface area is 135 Å². The topological polar surface area (TPSA) is 49.3 Å². The lowest BCUT2D eigenvalue weighted by Gasteiger charge is -2.10. The molecule has 22 heavy (non-hydrogen) atoms. The van der Waals surface area contributed by atoms with Crippen LogP contribution in [0.1, 0.15) is 71.1 Å². The van der Waals surface area contributed by atoms with Crippen LogP contribution in [-0.2, 0) is 4.79 Å². The third kappa shape index (κ3) is 9.56. The number of carbonyl (C=O) groups excluding carboxylic acids is 1. The molecule has 0 fully saturated rings. The maximum Gasteiger partial charge on any atom is 0.224 e. The van der Waals surface area contributed by atoms with Crippen molar-refractivity contribution in [2.24, 2.45) is 0 Å². The molecule has 0 spiro atoms. The summed E-state index contributed by atoms with van der Waals surface area (Å²) in [5.41, 5.74) is 0.814. The Morgan fingerprint density at radius 2 is 1.64 bits per heavy atom. The van der Waals surface area contributed by atoms with Crippen molar-refractivity contribution in [3.8, 4) is 0 Å². The van der Waals surface area contributed by atoms with Gasteiger partial charge in [-0.25, -0.2) is 0 Å². The van der Waals surface area contributed by atoms with Crippen LogP contribution >= 0.6 is 0 Å². The van der Waals surface area contributed by atoms with Crippen LogP contribution in [0.2, 0.25) is 0 Å². The van der Waals surface area contributed by atoms with Crippen LogP contribution in [0, 0.1) is 0 Å². The minimum atomic E-state index is -0.350. The number of nitrogens with one attached hydrogen (secondary N) is 1. The Bertz CT molecular complexity index is 392. The molecule has 3 heteroatoms. The third-order valence-electron chi connectivity index (χ3n) is 3.90. The number of aliphatic hydroxyl groups excluding tert-OH is 1. The zero-order valence-corrected chi connectivity index (χ0v) is 13.9. The second-order valence-electron chi connectivity index (χ2n) is 6.02. The fourth-order valence-corrected chi connectivity index (χ4v) is 2.52. The second-order valence-corrected chi connectivity index (χ2v) is 6.02. The van der Waals surface area contributed by atoms with Crippen LogP contribution in [0.3, 0.4) is 0 Å². The summed E-state index contributed by atoms with van der Waals surface area (Å²) in [4.78, 5) is 11.8. The molecule has 1 rings (SSSR count). The van der Waals surface area contributed by atoms with Crippen molar-refractivity contribution in [3.63, 3.8) is 0 Å². The maximum absolute atomic E-state index is 11.8. The van der Waals surface area contributed by atoms with Crippen LogP contribution in [0.25, 0.3) is 0 Å². The molecule has 0 bridgehead atoms. The number of amides is 1. The van der Waals surface area contributed by atoms with E-state index >= 15 is 0 Å². The molecule has 2 N–H and O–H groups in total. The molecular formula is C19H31NO2.